The summed E-state index contributed by atoms with van der Waals surface area (Å²) in [7, 11) is -3.18. The molecular weight excluding hydrogens is 242 g/mol. The second-order valence-corrected chi connectivity index (χ2v) is 6.44. The molecule has 0 unspecified atom stereocenters. The molecule has 0 heterocycles. The van der Waals surface area contributed by atoms with Gasteiger partial charge in [0, 0.05) is 13.0 Å². The minimum atomic E-state index is -3.18. The first-order valence-electron chi connectivity index (χ1n) is 6.01. The summed E-state index contributed by atoms with van der Waals surface area (Å²) in [6.07, 6.45) is 5.58. The van der Waals surface area contributed by atoms with Gasteiger partial charge in [0.15, 0.2) is 0 Å². The highest BCUT2D eigenvalue weighted by Gasteiger charge is 2.26. The van der Waals surface area contributed by atoms with Crippen molar-refractivity contribution < 1.29 is 13.6 Å². The number of nitrogens with zero attached hydrogens (tertiary/aromatic N) is 1. The summed E-state index contributed by atoms with van der Waals surface area (Å²) in [4.78, 5) is 0. The number of oxime groups is 1. The second kappa shape index (κ2) is 6.80. The Morgan fingerprint density at radius 2 is 2.00 bits per heavy atom. The van der Waals surface area contributed by atoms with E-state index in [1.165, 1.54) is 0 Å². The zero-order chi connectivity index (χ0) is 12.7. The second-order valence-electron chi connectivity index (χ2n) is 4.39. The number of nitrogens with two attached hydrogens (primary N) is 1. The van der Waals surface area contributed by atoms with Gasteiger partial charge in [-0.25, -0.2) is 13.1 Å². The maximum Gasteiger partial charge on any atom is 0.214 e. The van der Waals surface area contributed by atoms with Crippen LogP contribution in [0.5, 0.6) is 0 Å². The van der Waals surface area contributed by atoms with Gasteiger partial charge in [0.1, 0.15) is 5.84 Å². The van der Waals surface area contributed by atoms with Crippen LogP contribution in [0.1, 0.15) is 44.9 Å². The van der Waals surface area contributed by atoms with Crippen molar-refractivity contribution in [3.63, 3.8) is 0 Å². The molecule has 1 aliphatic rings. The van der Waals surface area contributed by atoms with Gasteiger partial charge in [0.2, 0.25) is 10.0 Å². The Bertz CT molecular complexity index is 348. The number of amidine groups is 1. The smallest absolute Gasteiger partial charge is 0.214 e. The van der Waals surface area contributed by atoms with Crippen molar-refractivity contribution in [1.82, 2.24) is 4.72 Å². The number of hydrogen-bond donors (Lipinski definition) is 3. The molecule has 0 bridgehead atoms. The van der Waals surface area contributed by atoms with E-state index in [0.717, 1.165) is 32.1 Å². The van der Waals surface area contributed by atoms with E-state index in [9.17, 15) is 8.42 Å². The number of rotatable bonds is 6. The SMILES string of the molecule is NC(CCCNS(=O)(=O)C1CCCCC1)=NO. The quantitative estimate of drug-likeness (QED) is 0.216. The summed E-state index contributed by atoms with van der Waals surface area (Å²) in [5.41, 5.74) is 5.29. The summed E-state index contributed by atoms with van der Waals surface area (Å²) in [5.74, 6) is 0.127. The summed E-state index contributed by atoms with van der Waals surface area (Å²) >= 11 is 0. The number of nitrogens with one attached hydrogen (secondary N) is 1. The van der Waals surface area contributed by atoms with E-state index in [-0.39, 0.29) is 11.1 Å². The maximum atomic E-state index is 11.9. The fourth-order valence-corrected chi connectivity index (χ4v) is 3.65. The largest absolute Gasteiger partial charge is 0.409 e. The lowest BCUT2D eigenvalue weighted by Crippen LogP contribution is -2.36. The molecule has 0 aliphatic heterocycles. The number of hydrogen-bond acceptors (Lipinski definition) is 4. The van der Waals surface area contributed by atoms with E-state index in [4.69, 9.17) is 10.9 Å². The Kier molecular flexibility index (Phi) is 5.70. The summed E-state index contributed by atoms with van der Waals surface area (Å²) in [5, 5.41) is 10.9. The summed E-state index contributed by atoms with van der Waals surface area (Å²) < 4.78 is 26.3. The molecule has 4 N–H and O–H groups in total. The molecule has 1 saturated carbocycles. The molecule has 1 rings (SSSR count). The molecule has 0 radical (unpaired) electrons. The van der Waals surface area contributed by atoms with Crippen molar-refractivity contribution >= 4 is 15.9 Å². The summed E-state index contributed by atoms with van der Waals surface area (Å²) in [6.45, 7) is 0.342. The van der Waals surface area contributed by atoms with E-state index in [1.54, 1.807) is 0 Å². The highest BCUT2D eigenvalue weighted by molar-refractivity contribution is 7.90. The maximum absolute atomic E-state index is 11.9. The first-order valence-corrected chi connectivity index (χ1v) is 7.56. The van der Waals surface area contributed by atoms with Gasteiger partial charge >= 0.3 is 0 Å². The van der Waals surface area contributed by atoms with Crippen LogP contribution in [0.15, 0.2) is 5.16 Å². The Labute approximate surface area is 102 Å². The monoisotopic (exact) mass is 263 g/mol. The van der Waals surface area contributed by atoms with Crippen LogP contribution >= 0.6 is 0 Å². The van der Waals surface area contributed by atoms with Gasteiger partial charge in [-0.2, -0.15) is 0 Å². The molecule has 0 aromatic rings. The van der Waals surface area contributed by atoms with Crippen LogP contribution in [-0.4, -0.2) is 31.3 Å². The zero-order valence-corrected chi connectivity index (χ0v) is 10.7. The molecule has 0 atom stereocenters. The van der Waals surface area contributed by atoms with E-state index in [0.29, 0.717) is 19.4 Å². The van der Waals surface area contributed by atoms with Gasteiger partial charge in [0.05, 0.1) is 5.25 Å². The minimum absolute atomic E-state index is 0.127. The predicted octanol–water partition coefficient (Wildman–Crippen LogP) is 0.765. The Hall–Kier alpha value is -0.820. The highest BCUT2D eigenvalue weighted by Crippen LogP contribution is 2.22. The van der Waals surface area contributed by atoms with Crippen LogP contribution in [0.25, 0.3) is 0 Å². The van der Waals surface area contributed by atoms with Crippen molar-refractivity contribution in [2.75, 3.05) is 6.54 Å². The average Bonchev–Trinajstić information content (AvgIpc) is 2.35. The molecule has 1 fully saturated rings. The molecule has 17 heavy (non-hydrogen) atoms. The number of sulfonamides is 1. The third kappa shape index (κ3) is 4.91. The minimum Gasteiger partial charge on any atom is -0.409 e. The van der Waals surface area contributed by atoms with E-state index in [2.05, 4.69) is 9.88 Å². The fourth-order valence-electron chi connectivity index (χ4n) is 2.03. The molecule has 0 amide bonds. The van der Waals surface area contributed by atoms with Gasteiger partial charge in [-0.3, -0.25) is 0 Å². The van der Waals surface area contributed by atoms with Crippen LogP contribution in [0, 0.1) is 0 Å². The lowest BCUT2D eigenvalue weighted by Gasteiger charge is -2.21. The summed E-state index contributed by atoms with van der Waals surface area (Å²) in [6, 6.07) is 0. The van der Waals surface area contributed by atoms with Crippen molar-refractivity contribution in [1.29, 1.82) is 0 Å². The molecule has 1 aliphatic carbocycles. The average molecular weight is 263 g/mol. The van der Waals surface area contributed by atoms with Crippen LogP contribution < -0.4 is 10.5 Å². The van der Waals surface area contributed by atoms with Gasteiger partial charge in [-0.1, -0.05) is 24.4 Å². The molecule has 0 spiro atoms. The predicted molar refractivity (Wildman–Crippen MR) is 66.4 cm³/mol. The van der Waals surface area contributed by atoms with Crippen LogP contribution in [0.2, 0.25) is 0 Å². The van der Waals surface area contributed by atoms with E-state index >= 15 is 0 Å². The van der Waals surface area contributed by atoms with Crippen LogP contribution in [0.3, 0.4) is 0 Å². The Balaban J connectivity index is 2.29. The van der Waals surface area contributed by atoms with Gasteiger partial charge in [0.25, 0.3) is 0 Å². The molecule has 0 saturated heterocycles. The van der Waals surface area contributed by atoms with Gasteiger partial charge < -0.3 is 10.9 Å². The molecule has 0 aromatic heterocycles. The van der Waals surface area contributed by atoms with Crippen molar-refractivity contribution in [2.45, 2.75) is 50.2 Å². The lowest BCUT2D eigenvalue weighted by atomic mass is 10.0. The van der Waals surface area contributed by atoms with E-state index < -0.39 is 10.0 Å². The van der Waals surface area contributed by atoms with Gasteiger partial charge in [-0.05, 0) is 19.3 Å². The van der Waals surface area contributed by atoms with Crippen molar-refractivity contribution in [2.24, 2.45) is 10.9 Å². The van der Waals surface area contributed by atoms with Crippen LogP contribution in [0.4, 0.5) is 0 Å². The first-order chi connectivity index (χ1) is 8.06. The Morgan fingerprint density at radius 3 is 2.59 bits per heavy atom. The fraction of sp³-hybridized carbons (Fsp3) is 0.900. The van der Waals surface area contributed by atoms with E-state index in [1.807, 2.05) is 0 Å². The third-order valence-electron chi connectivity index (χ3n) is 3.03. The molecule has 0 aromatic carbocycles. The molecule has 6 nitrogen and oxygen atoms in total. The molecular formula is C10H21N3O3S. The topological polar surface area (TPSA) is 105 Å². The van der Waals surface area contributed by atoms with Crippen molar-refractivity contribution in [3.05, 3.63) is 0 Å². The van der Waals surface area contributed by atoms with Gasteiger partial charge in [-0.15, -0.1) is 0 Å². The molecule has 100 valence electrons. The standard InChI is InChI=1S/C10H21N3O3S/c11-10(13-14)7-4-8-12-17(15,16)9-5-2-1-3-6-9/h9,12,14H,1-8H2,(H2,11,13). The zero-order valence-electron chi connectivity index (χ0n) is 9.93. The lowest BCUT2D eigenvalue weighted by molar-refractivity contribution is 0.316. The normalized spacial score (nSPS) is 19.4. The van der Waals surface area contributed by atoms with Crippen LogP contribution in [-0.2, 0) is 10.0 Å². The van der Waals surface area contributed by atoms with Crippen molar-refractivity contribution in [3.8, 4) is 0 Å². The first kappa shape index (κ1) is 14.2. The third-order valence-corrected chi connectivity index (χ3v) is 4.99. The highest BCUT2D eigenvalue weighted by atomic mass is 32.2. The Morgan fingerprint density at radius 1 is 1.35 bits per heavy atom. The molecule has 7 heteroatoms.